The van der Waals surface area contributed by atoms with Crippen LogP contribution in [0.3, 0.4) is 0 Å². The second-order valence-electron chi connectivity index (χ2n) is 32.9. The summed E-state index contributed by atoms with van der Waals surface area (Å²) in [6, 6.07) is 81.7. The molecule has 0 N–H and O–H groups in total. The lowest BCUT2D eigenvalue weighted by atomic mass is 9.79. The first-order chi connectivity index (χ1) is 46.5. The molecule has 0 aliphatic heterocycles. The van der Waals surface area contributed by atoms with Gasteiger partial charge in [-0.2, -0.15) is 0 Å². The fourth-order valence-corrected chi connectivity index (χ4v) is 15.8. The minimum absolute atomic E-state index is 0.152. The van der Waals surface area contributed by atoms with Gasteiger partial charge in [0.15, 0.2) is 23.2 Å². The zero-order valence-corrected chi connectivity index (χ0v) is 59.5. The maximum atomic E-state index is 7.93. The minimum atomic E-state index is -0.252. The lowest BCUT2D eigenvalue weighted by Crippen LogP contribution is -2.17. The summed E-state index contributed by atoms with van der Waals surface area (Å²) in [4.78, 5) is 20.9. The number of fused-ring (bicyclic) bond motifs is 12. The van der Waals surface area contributed by atoms with Gasteiger partial charge in [-0.05, 0) is 184 Å². The Bertz CT molecular complexity index is 5570. The van der Waals surface area contributed by atoms with Crippen LogP contribution < -0.4 is 0 Å². The molecule has 0 saturated carbocycles. The molecule has 0 atom stereocenters. The molecular weight excluding hydrogens is 1190 g/mol. The van der Waals surface area contributed by atoms with Gasteiger partial charge in [-0.25, -0.2) is 19.8 Å². The number of nitrogens with zero attached hydrogens (tertiary/aromatic N) is 6. The second-order valence-corrected chi connectivity index (χ2v) is 32.9. The van der Waals surface area contributed by atoms with Crippen LogP contribution in [0.15, 0.2) is 218 Å². The van der Waals surface area contributed by atoms with E-state index in [1.807, 2.05) is 12.1 Å². The number of benzene rings is 11. The third kappa shape index (κ3) is 9.97. The van der Waals surface area contributed by atoms with Gasteiger partial charge in [0.05, 0.1) is 40.0 Å². The van der Waals surface area contributed by atoms with Crippen LogP contribution in [0.25, 0.3) is 139 Å². The number of rotatable bonds is 7. The van der Waals surface area contributed by atoms with E-state index in [9.17, 15) is 0 Å². The number of aromatic nitrogens is 5. The Labute approximate surface area is 577 Å². The van der Waals surface area contributed by atoms with Crippen LogP contribution in [0.4, 0.5) is 5.69 Å². The molecule has 3 aromatic heterocycles. The molecule has 0 amide bonds. The van der Waals surface area contributed by atoms with E-state index in [1.165, 1.54) is 88.3 Å². The molecule has 6 heteroatoms. The molecule has 6 nitrogen and oxygen atoms in total. The highest BCUT2D eigenvalue weighted by atomic mass is 15.0. The van der Waals surface area contributed by atoms with E-state index in [4.69, 9.17) is 21.5 Å². The van der Waals surface area contributed by atoms with E-state index in [0.717, 1.165) is 72.4 Å². The van der Waals surface area contributed by atoms with E-state index in [-0.39, 0.29) is 32.5 Å². The van der Waals surface area contributed by atoms with Crippen molar-refractivity contribution in [1.82, 2.24) is 24.1 Å². The average molecular weight is 1270 g/mol. The fraction of sp³-hybridized carbons (Fsp3) is 0.239. The van der Waals surface area contributed by atoms with Crippen LogP contribution in [0.2, 0.25) is 0 Å². The number of hydrogen-bond acceptors (Lipinski definition) is 3. The van der Waals surface area contributed by atoms with E-state index in [0.29, 0.717) is 23.2 Å². The summed E-state index contributed by atoms with van der Waals surface area (Å²) < 4.78 is 5.07. The van der Waals surface area contributed by atoms with Crippen LogP contribution >= 0.6 is 0 Å². The zero-order chi connectivity index (χ0) is 68.5. The van der Waals surface area contributed by atoms with Gasteiger partial charge < -0.3 is 9.13 Å². The maximum absolute atomic E-state index is 7.93. The first-order valence-electron chi connectivity index (χ1n) is 34.8. The Kier molecular flexibility index (Phi) is 13.8. The molecule has 0 saturated heterocycles. The standard InChI is InChI=1S/C92H84N6/c1-87(2,3)59-42-57(43-60(48-59)88(4,5)6)85-94-84(95-86(96-85)58-44-61(89(7,8)9)49-62(45-58)90(10,11)12)56-37-41-80(97-78-32-24-20-28-66(78)72-50-69-64-26-18-22-30-74(64)91(13,14)76(69)52-82(72)97)71(46-56)68-40-36-55(54-34-38-63(93-17)39-35-54)47-81(68)98-79-33-25-21-29-67(79)73-51-70-65-27-19-23-31-75(65)92(15,16)77(70)53-83(73)98/h18-53H,1-16H3. The normalized spacial score (nSPS) is 14.1. The summed E-state index contributed by atoms with van der Waals surface area (Å²) in [5.41, 5.74) is 28.3. The van der Waals surface area contributed by atoms with Gasteiger partial charge in [0.25, 0.3) is 0 Å². The molecule has 0 unspecified atom stereocenters. The Hall–Kier alpha value is -10.5. The molecule has 3 heterocycles. The summed E-state index contributed by atoms with van der Waals surface area (Å²) in [5.74, 6) is 1.84. The largest absolute Gasteiger partial charge is 0.309 e. The number of para-hydroxylation sites is 2. The van der Waals surface area contributed by atoms with Crippen molar-refractivity contribution in [3.63, 3.8) is 0 Å². The Balaban J connectivity index is 1.04. The van der Waals surface area contributed by atoms with Crippen molar-refractivity contribution in [3.05, 3.63) is 274 Å². The average Bonchev–Trinajstić information content (AvgIpc) is 1.55. The molecule has 0 bridgehead atoms. The van der Waals surface area contributed by atoms with Crippen molar-refractivity contribution in [2.75, 3.05) is 0 Å². The molecule has 0 radical (unpaired) electrons. The van der Waals surface area contributed by atoms with Gasteiger partial charge in [-0.15, -0.1) is 0 Å². The van der Waals surface area contributed by atoms with Crippen molar-refractivity contribution in [2.24, 2.45) is 0 Å². The van der Waals surface area contributed by atoms with Crippen LogP contribution in [-0.2, 0) is 32.5 Å². The highest BCUT2D eigenvalue weighted by Gasteiger charge is 2.39. The van der Waals surface area contributed by atoms with E-state index in [1.54, 1.807) is 0 Å². The van der Waals surface area contributed by atoms with E-state index < -0.39 is 0 Å². The van der Waals surface area contributed by atoms with Gasteiger partial charge >= 0.3 is 0 Å². The van der Waals surface area contributed by atoms with Crippen LogP contribution in [0.1, 0.15) is 155 Å². The third-order valence-electron chi connectivity index (χ3n) is 21.6. The first-order valence-corrected chi connectivity index (χ1v) is 34.8. The van der Waals surface area contributed by atoms with Crippen molar-refractivity contribution in [1.29, 1.82) is 0 Å². The summed E-state index contributed by atoms with van der Waals surface area (Å²) in [6.45, 7) is 44.9. The van der Waals surface area contributed by atoms with Gasteiger partial charge in [0, 0.05) is 60.2 Å². The van der Waals surface area contributed by atoms with Crippen molar-refractivity contribution >= 4 is 49.3 Å². The zero-order valence-electron chi connectivity index (χ0n) is 59.5. The molecule has 0 spiro atoms. The Morgan fingerprint density at radius 2 is 0.694 bits per heavy atom. The van der Waals surface area contributed by atoms with Gasteiger partial charge in [-0.1, -0.05) is 244 Å². The molecular formula is C92H84N6. The van der Waals surface area contributed by atoms with Gasteiger partial charge in [0.2, 0.25) is 0 Å². The summed E-state index contributed by atoms with van der Waals surface area (Å²) in [6.07, 6.45) is 0. The molecule has 11 aromatic carbocycles. The lowest BCUT2D eigenvalue weighted by molar-refractivity contribution is 0.568. The van der Waals surface area contributed by atoms with Crippen molar-refractivity contribution in [3.8, 4) is 90.0 Å². The van der Waals surface area contributed by atoms with Crippen LogP contribution in [0, 0.1) is 6.57 Å². The predicted octanol–water partition coefficient (Wildman–Crippen LogP) is 24.8. The Morgan fingerprint density at radius 1 is 0.296 bits per heavy atom. The molecule has 2 aliphatic rings. The highest BCUT2D eigenvalue weighted by Crippen LogP contribution is 2.54. The van der Waals surface area contributed by atoms with Gasteiger partial charge in [0.1, 0.15) is 0 Å². The molecule has 98 heavy (non-hydrogen) atoms. The third-order valence-corrected chi connectivity index (χ3v) is 21.6. The Morgan fingerprint density at radius 3 is 1.14 bits per heavy atom. The quantitative estimate of drug-likeness (QED) is 0.149. The predicted molar refractivity (Wildman–Crippen MR) is 412 cm³/mol. The monoisotopic (exact) mass is 1270 g/mol. The molecule has 482 valence electrons. The van der Waals surface area contributed by atoms with E-state index >= 15 is 0 Å². The smallest absolute Gasteiger partial charge is 0.187 e. The fourth-order valence-electron chi connectivity index (χ4n) is 15.8. The molecule has 0 fully saturated rings. The first kappa shape index (κ1) is 62.3. The van der Waals surface area contributed by atoms with Gasteiger partial charge in [-0.3, -0.25) is 0 Å². The molecule has 16 rings (SSSR count). The topological polar surface area (TPSA) is 52.9 Å². The summed E-state index contributed by atoms with van der Waals surface area (Å²) in [7, 11) is 0. The number of hydrogen-bond donors (Lipinski definition) is 0. The molecule has 2 aliphatic carbocycles. The molecule has 14 aromatic rings. The van der Waals surface area contributed by atoms with Crippen LogP contribution in [-0.4, -0.2) is 24.1 Å². The van der Waals surface area contributed by atoms with E-state index in [2.05, 4.69) is 331 Å². The lowest BCUT2D eigenvalue weighted by Gasteiger charge is -2.26. The van der Waals surface area contributed by atoms with Crippen LogP contribution in [0.5, 0.6) is 0 Å². The summed E-state index contributed by atoms with van der Waals surface area (Å²) >= 11 is 0. The second kappa shape index (κ2) is 21.8. The summed E-state index contributed by atoms with van der Waals surface area (Å²) in [5, 5.41) is 4.76. The maximum Gasteiger partial charge on any atom is 0.187 e. The minimum Gasteiger partial charge on any atom is -0.309 e. The highest BCUT2D eigenvalue weighted by molar-refractivity contribution is 6.14. The van der Waals surface area contributed by atoms with Crippen molar-refractivity contribution in [2.45, 2.75) is 143 Å². The SMILES string of the molecule is [C-]#[N+]c1ccc(-c2ccc(-c3cc(-c4nc(-c5cc(C(C)(C)C)cc(C(C)(C)C)c5)nc(-c5cc(C(C)(C)C)cc(C(C)(C)C)c5)n4)ccc3-n3c4ccccc4c4cc5c(cc43)C(C)(C)c3ccccc3-5)c(-n3c4ccccc4c4cc5c(cc43)C(C)(C)c3ccccc3-5)c2)cc1. The van der Waals surface area contributed by atoms with Crippen molar-refractivity contribution < 1.29 is 0 Å².